The fourth-order valence-electron chi connectivity index (χ4n) is 3.58. The van der Waals surface area contributed by atoms with Gasteiger partial charge in [-0.2, -0.15) is 5.10 Å². The molecule has 7 heteroatoms. The second-order valence-corrected chi connectivity index (χ2v) is 7.71. The number of rotatable bonds is 6. The highest BCUT2D eigenvalue weighted by atomic mass is 16.2. The van der Waals surface area contributed by atoms with E-state index in [1.54, 1.807) is 29.2 Å². The first-order chi connectivity index (χ1) is 13.5. The number of nitrogens with one attached hydrogen (secondary N) is 1. The summed E-state index contributed by atoms with van der Waals surface area (Å²) < 4.78 is 1.77. The molecule has 1 aliphatic rings. The fourth-order valence-corrected chi connectivity index (χ4v) is 3.58. The van der Waals surface area contributed by atoms with Crippen LogP contribution in [0.5, 0.6) is 0 Å². The molecule has 3 heterocycles. The molecule has 2 aromatic rings. The van der Waals surface area contributed by atoms with E-state index >= 15 is 0 Å². The van der Waals surface area contributed by atoms with E-state index in [0.29, 0.717) is 36.8 Å². The van der Waals surface area contributed by atoms with Gasteiger partial charge in [0.25, 0.3) is 11.8 Å². The van der Waals surface area contributed by atoms with Gasteiger partial charge in [0.2, 0.25) is 0 Å². The third kappa shape index (κ3) is 4.77. The van der Waals surface area contributed by atoms with Gasteiger partial charge in [-0.1, -0.05) is 13.8 Å². The maximum Gasteiger partial charge on any atom is 0.269 e. The summed E-state index contributed by atoms with van der Waals surface area (Å²) in [7, 11) is 0. The van der Waals surface area contributed by atoms with Crippen LogP contribution in [0.1, 0.15) is 60.2 Å². The predicted molar refractivity (Wildman–Crippen MR) is 107 cm³/mol. The molecule has 150 valence electrons. The third-order valence-electron chi connectivity index (χ3n) is 5.02. The largest absolute Gasteiger partial charge is 0.348 e. The minimum Gasteiger partial charge on any atom is -0.348 e. The number of carbonyl (C=O) groups is 2. The molecule has 28 heavy (non-hydrogen) atoms. The lowest BCUT2D eigenvalue weighted by atomic mass is 10.0. The van der Waals surface area contributed by atoms with Gasteiger partial charge in [-0.3, -0.25) is 19.3 Å². The van der Waals surface area contributed by atoms with Crippen LogP contribution >= 0.6 is 0 Å². The summed E-state index contributed by atoms with van der Waals surface area (Å²) in [6, 6.07) is 5.44. The zero-order chi connectivity index (χ0) is 20.1. The van der Waals surface area contributed by atoms with Crippen molar-refractivity contribution in [2.75, 3.05) is 13.1 Å². The number of nitrogens with zero attached hydrogens (tertiary/aromatic N) is 4. The topological polar surface area (TPSA) is 80.1 Å². The lowest BCUT2D eigenvalue weighted by molar-refractivity contribution is 0.0697. The minimum atomic E-state index is -0.0803. The van der Waals surface area contributed by atoms with Crippen LogP contribution in [0, 0.1) is 5.92 Å². The molecule has 0 radical (unpaired) electrons. The molecule has 7 nitrogen and oxygen atoms in total. The normalized spacial score (nSPS) is 15.1. The Morgan fingerprint density at radius 2 is 1.89 bits per heavy atom. The highest BCUT2D eigenvalue weighted by Crippen LogP contribution is 2.15. The summed E-state index contributed by atoms with van der Waals surface area (Å²) in [6.07, 6.45) is 5.63. The fraction of sp³-hybridized carbons (Fsp3) is 0.524. The number of carbonyl (C=O) groups excluding carboxylic acids is 2. The molecular weight excluding hydrogens is 354 g/mol. The lowest BCUT2D eigenvalue weighted by Crippen LogP contribution is -2.46. The first-order valence-electron chi connectivity index (χ1n) is 10.0. The standard InChI is InChI=1S/C21H29N5O2/c1-4-26-19(14-18(24-26)13-15(2)3)20(27)23-17-7-11-25(12-8-17)21(28)16-5-9-22-10-6-16/h5-6,9-10,14-15,17H,4,7-8,11-13H2,1-3H3,(H,23,27). The Labute approximate surface area is 166 Å². The molecule has 0 spiro atoms. The van der Waals surface area contributed by atoms with Crippen molar-refractivity contribution in [2.45, 2.75) is 52.6 Å². The Morgan fingerprint density at radius 1 is 1.21 bits per heavy atom. The molecule has 0 unspecified atom stereocenters. The molecule has 1 fully saturated rings. The van der Waals surface area contributed by atoms with Crippen molar-refractivity contribution in [3.8, 4) is 0 Å². The average molecular weight is 383 g/mol. The monoisotopic (exact) mass is 383 g/mol. The van der Waals surface area contributed by atoms with Gasteiger partial charge in [0.05, 0.1) is 5.69 Å². The quantitative estimate of drug-likeness (QED) is 0.831. The highest BCUT2D eigenvalue weighted by Gasteiger charge is 2.26. The van der Waals surface area contributed by atoms with Crippen LogP contribution in [0.25, 0.3) is 0 Å². The molecule has 3 rings (SSSR count). The van der Waals surface area contributed by atoms with Gasteiger partial charge < -0.3 is 10.2 Å². The molecular formula is C21H29N5O2. The Balaban J connectivity index is 1.56. The van der Waals surface area contributed by atoms with Gasteiger partial charge in [-0.25, -0.2) is 0 Å². The maximum atomic E-state index is 12.8. The summed E-state index contributed by atoms with van der Waals surface area (Å²) >= 11 is 0. The smallest absolute Gasteiger partial charge is 0.269 e. The van der Waals surface area contributed by atoms with Gasteiger partial charge in [0.1, 0.15) is 5.69 Å². The summed E-state index contributed by atoms with van der Waals surface area (Å²) in [5.74, 6) is 0.441. The summed E-state index contributed by atoms with van der Waals surface area (Å²) in [4.78, 5) is 31.1. The Morgan fingerprint density at radius 3 is 2.50 bits per heavy atom. The number of hydrogen-bond donors (Lipinski definition) is 1. The predicted octanol–water partition coefficient (Wildman–Crippen LogP) is 2.53. The van der Waals surface area contributed by atoms with E-state index in [1.807, 2.05) is 17.9 Å². The second-order valence-electron chi connectivity index (χ2n) is 7.71. The van der Waals surface area contributed by atoms with Crippen molar-refractivity contribution in [3.05, 3.63) is 47.5 Å². The Hall–Kier alpha value is -2.70. The molecule has 0 bridgehead atoms. The van der Waals surface area contributed by atoms with E-state index in [0.717, 1.165) is 25.0 Å². The zero-order valence-corrected chi connectivity index (χ0v) is 16.9. The van der Waals surface area contributed by atoms with Gasteiger partial charge in [-0.05, 0) is 50.3 Å². The minimum absolute atomic E-state index is 0.0227. The highest BCUT2D eigenvalue weighted by molar-refractivity contribution is 5.94. The summed E-state index contributed by atoms with van der Waals surface area (Å²) in [5, 5.41) is 7.68. The molecule has 0 aromatic carbocycles. The van der Waals surface area contributed by atoms with Crippen LogP contribution in [0.4, 0.5) is 0 Å². The van der Waals surface area contributed by atoms with Gasteiger partial charge in [-0.15, -0.1) is 0 Å². The first-order valence-corrected chi connectivity index (χ1v) is 10.0. The molecule has 0 aliphatic carbocycles. The van der Waals surface area contributed by atoms with E-state index in [-0.39, 0.29) is 17.9 Å². The van der Waals surface area contributed by atoms with Crippen LogP contribution < -0.4 is 5.32 Å². The van der Waals surface area contributed by atoms with Crippen molar-refractivity contribution in [3.63, 3.8) is 0 Å². The van der Waals surface area contributed by atoms with Crippen LogP contribution in [0.2, 0.25) is 0 Å². The number of hydrogen-bond acceptors (Lipinski definition) is 4. The Kier molecular flexibility index (Phi) is 6.44. The molecule has 2 aromatic heterocycles. The van der Waals surface area contributed by atoms with Crippen molar-refractivity contribution >= 4 is 11.8 Å². The van der Waals surface area contributed by atoms with E-state index in [1.165, 1.54) is 0 Å². The number of aromatic nitrogens is 3. The zero-order valence-electron chi connectivity index (χ0n) is 16.9. The molecule has 2 amide bonds. The third-order valence-corrected chi connectivity index (χ3v) is 5.02. The molecule has 1 aliphatic heterocycles. The average Bonchev–Trinajstić information content (AvgIpc) is 3.11. The summed E-state index contributed by atoms with van der Waals surface area (Å²) in [5.41, 5.74) is 2.23. The second kappa shape index (κ2) is 8.99. The number of amides is 2. The van der Waals surface area contributed by atoms with E-state index < -0.39 is 0 Å². The number of likely N-dealkylation sites (tertiary alicyclic amines) is 1. The number of pyridine rings is 1. The van der Waals surface area contributed by atoms with Crippen LogP contribution in [-0.4, -0.2) is 50.6 Å². The lowest BCUT2D eigenvalue weighted by Gasteiger charge is -2.32. The van der Waals surface area contributed by atoms with Crippen LogP contribution in [0.3, 0.4) is 0 Å². The van der Waals surface area contributed by atoms with Crippen molar-refractivity contribution in [1.29, 1.82) is 0 Å². The van der Waals surface area contributed by atoms with Crippen molar-refractivity contribution < 1.29 is 9.59 Å². The molecule has 0 saturated carbocycles. The van der Waals surface area contributed by atoms with Gasteiger partial charge in [0, 0.05) is 43.6 Å². The number of piperidine rings is 1. The van der Waals surface area contributed by atoms with E-state index in [2.05, 4.69) is 29.2 Å². The SMILES string of the molecule is CCn1nc(CC(C)C)cc1C(=O)NC1CCN(C(=O)c2ccncc2)CC1. The van der Waals surface area contributed by atoms with Gasteiger partial charge in [0.15, 0.2) is 0 Å². The first kappa shape index (κ1) is 20.0. The van der Waals surface area contributed by atoms with Crippen molar-refractivity contribution in [2.24, 2.45) is 5.92 Å². The molecule has 1 saturated heterocycles. The summed E-state index contributed by atoms with van der Waals surface area (Å²) in [6.45, 7) is 8.22. The van der Waals surface area contributed by atoms with E-state index in [4.69, 9.17) is 0 Å². The Bertz CT molecular complexity index is 807. The number of aryl methyl sites for hydroxylation is 1. The van der Waals surface area contributed by atoms with Crippen LogP contribution in [-0.2, 0) is 13.0 Å². The van der Waals surface area contributed by atoms with E-state index in [9.17, 15) is 9.59 Å². The maximum absolute atomic E-state index is 12.8. The van der Waals surface area contributed by atoms with Crippen LogP contribution in [0.15, 0.2) is 30.6 Å². The van der Waals surface area contributed by atoms with Crippen molar-refractivity contribution in [1.82, 2.24) is 25.0 Å². The molecule has 1 N–H and O–H groups in total. The van der Waals surface area contributed by atoms with Gasteiger partial charge >= 0.3 is 0 Å². The molecule has 0 atom stereocenters.